The van der Waals surface area contributed by atoms with E-state index >= 15 is 0 Å². The predicted octanol–water partition coefficient (Wildman–Crippen LogP) is 5.50. The maximum atomic E-state index is 9.75. The summed E-state index contributed by atoms with van der Waals surface area (Å²) in [5.74, 6) is 0. The molecule has 2 aromatic carbocycles. The molecule has 0 radical (unpaired) electrons. The van der Waals surface area contributed by atoms with Crippen molar-refractivity contribution >= 4 is 33.9 Å². The standard InChI is InChI=1S/C27H31ClN8/c1-18(2)36-17-24(33-34-36)26(19-9-6-5-7-10-19)32-23-14-21(28)13-22-25(30-11-8-12-35(3)4)20(15-29)16-31-27(22)23/h5-7,9-10,13-14,16-18,26,32H,8,11-12H2,1-4H3,(H,30,31)/t26-/m0/s1. The van der Waals surface area contributed by atoms with Crippen molar-refractivity contribution in [2.75, 3.05) is 37.8 Å². The highest BCUT2D eigenvalue weighted by Crippen LogP contribution is 2.36. The molecule has 0 aliphatic rings. The van der Waals surface area contributed by atoms with E-state index in [1.807, 2.05) is 55.3 Å². The summed E-state index contributed by atoms with van der Waals surface area (Å²) in [5.41, 5.74) is 4.54. The summed E-state index contributed by atoms with van der Waals surface area (Å²) in [7, 11) is 4.09. The Labute approximate surface area is 216 Å². The first-order valence-corrected chi connectivity index (χ1v) is 12.4. The zero-order valence-electron chi connectivity index (χ0n) is 21.0. The summed E-state index contributed by atoms with van der Waals surface area (Å²) >= 11 is 6.60. The maximum absolute atomic E-state index is 9.75. The number of nitrogens with one attached hydrogen (secondary N) is 2. The summed E-state index contributed by atoms with van der Waals surface area (Å²) in [5, 5.41) is 26.9. The Balaban J connectivity index is 1.76. The minimum absolute atomic E-state index is 0.196. The monoisotopic (exact) mass is 502 g/mol. The van der Waals surface area contributed by atoms with Gasteiger partial charge in [-0.25, -0.2) is 4.68 Å². The van der Waals surface area contributed by atoms with Crippen LogP contribution in [-0.2, 0) is 0 Å². The van der Waals surface area contributed by atoms with Crippen molar-refractivity contribution in [3.8, 4) is 6.07 Å². The second-order valence-corrected chi connectivity index (χ2v) is 9.73. The van der Waals surface area contributed by atoms with Crippen LogP contribution in [0, 0.1) is 11.3 Å². The van der Waals surface area contributed by atoms with E-state index in [1.165, 1.54) is 0 Å². The molecule has 2 aromatic heterocycles. The van der Waals surface area contributed by atoms with Gasteiger partial charge in [0.2, 0.25) is 0 Å². The highest BCUT2D eigenvalue weighted by molar-refractivity contribution is 6.32. The number of aromatic nitrogens is 4. The Morgan fingerprint density at radius 2 is 1.94 bits per heavy atom. The van der Waals surface area contributed by atoms with Gasteiger partial charge >= 0.3 is 0 Å². The van der Waals surface area contributed by atoms with E-state index < -0.39 is 0 Å². The molecule has 0 fully saturated rings. The predicted molar refractivity (Wildman–Crippen MR) is 145 cm³/mol. The summed E-state index contributed by atoms with van der Waals surface area (Å²) in [6, 6.07) is 16.0. The first-order valence-electron chi connectivity index (χ1n) is 12.0. The van der Waals surface area contributed by atoms with Gasteiger partial charge in [0.15, 0.2) is 0 Å². The highest BCUT2D eigenvalue weighted by Gasteiger charge is 2.21. The normalized spacial score (nSPS) is 12.2. The third kappa shape index (κ3) is 5.76. The molecule has 1 atom stereocenters. The number of rotatable bonds is 10. The fourth-order valence-electron chi connectivity index (χ4n) is 4.07. The van der Waals surface area contributed by atoms with Gasteiger partial charge in [-0.1, -0.05) is 47.1 Å². The van der Waals surface area contributed by atoms with E-state index in [4.69, 9.17) is 11.6 Å². The van der Waals surface area contributed by atoms with Crippen LogP contribution in [0.3, 0.4) is 0 Å². The van der Waals surface area contributed by atoms with E-state index in [0.29, 0.717) is 10.6 Å². The molecule has 0 aliphatic carbocycles. The van der Waals surface area contributed by atoms with Gasteiger partial charge in [-0.05, 0) is 58.6 Å². The van der Waals surface area contributed by atoms with E-state index in [1.54, 1.807) is 6.20 Å². The van der Waals surface area contributed by atoms with Gasteiger partial charge in [0.25, 0.3) is 0 Å². The first-order chi connectivity index (χ1) is 17.4. The van der Waals surface area contributed by atoms with Crippen LogP contribution in [-0.4, -0.2) is 52.1 Å². The van der Waals surface area contributed by atoms with Crippen LogP contribution in [0.4, 0.5) is 11.4 Å². The number of benzene rings is 2. The Morgan fingerprint density at radius 3 is 2.61 bits per heavy atom. The average molecular weight is 503 g/mol. The molecule has 2 N–H and O–H groups in total. The molecule has 0 aliphatic heterocycles. The molecule has 4 rings (SSSR count). The zero-order chi connectivity index (χ0) is 25.7. The molecule has 4 aromatic rings. The molecular formula is C27H31ClN8. The Morgan fingerprint density at radius 1 is 1.17 bits per heavy atom. The quantitative estimate of drug-likeness (QED) is 0.276. The second kappa shape index (κ2) is 11.4. The lowest BCUT2D eigenvalue weighted by molar-refractivity contribution is 0.405. The summed E-state index contributed by atoms with van der Waals surface area (Å²) < 4.78 is 1.84. The number of hydrogen-bond donors (Lipinski definition) is 2. The van der Waals surface area contributed by atoms with Crippen LogP contribution in [0.15, 0.2) is 54.9 Å². The number of nitriles is 1. The largest absolute Gasteiger partial charge is 0.383 e. The number of halogens is 1. The number of hydrogen-bond acceptors (Lipinski definition) is 7. The van der Waals surface area contributed by atoms with E-state index in [-0.39, 0.29) is 12.1 Å². The van der Waals surface area contributed by atoms with Crippen molar-refractivity contribution in [1.82, 2.24) is 24.9 Å². The third-order valence-electron chi connectivity index (χ3n) is 5.93. The number of anilines is 2. The van der Waals surface area contributed by atoms with Gasteiger partial charge in [-0.15, -0.1) is 5.10 Å². The van der Waals surface area contributed by atoms with Crippen LogP contribution in [0.2, 0.25) is 5.02 Å². The number of fused-ring (bicyclic) bond motifs is 1. The molecule has 0 spiro atoms. The van der Waals surface area contributed by atoms with Crippen LogP contribution in [0.1, 0.15) is 49.2 Å². The SMILES string of the molecule is CC(C)n1cc([C@@H](Nc2cc(Cl)cc3c(NCCCN(C)C)c(C#N)cnc23)c2ccccc2)nn1. The zero-order valence-corrected chi connectivity index (χ0v) is 21.8. The van der Waals surface area contributed by atoms with Crippen molar-refractivity contribution < 1.29 is 0 Å². The van der Waals surface area contributed by atoms with Crippen LogP contribution in [0.5, 0.6) is 0 Å². The first kappa shape index (κ1) is 25.4. The molecule has 2 heterocycles. The lowest BCUT2D eigenvalue weighted by Gasteiger charge is -2.21. The fourth-order valence-corrected chi connectivity index (χ4v) is 4.28. The third-order valence-corrected chi connectivity index (χ3v) is 6.14. The van der Waals surface area contributed by atoms with Crippen LogP contribution < -0.4 is 10.6 Å². The molecule has 0 saturated heterocycles. The smallest absolute Gasteiger partial charge is 0.109 e. The fraction of sp³-hybridized carbons (Fsp3) is 0.333. The average Bonchev–Trinajstić information content (AvgIpc) is 3.35. The van der Waals surface area contributed by atoms with E-state index in [9.17, 15) is 5.26 Å². The Hall–Kier alpha value is -3.67. The molecule has 8 nitrogen and oxygen atoms in total. The van der Waals surface area contributed by atoms with Crippen molar-refractivity contribution in [2.24, 2.45) is 0 Å². The number of nitrogens with zero attached hydrogens (tertiary/aromatic N) is 6. The topological polar surface area (TPSA) is 94.7 Å². The van der Waals surface area contributed by atoms with Crippen molar-refractivity contribution in [2.45, 2.75) is 32.4 Å². The molecule has 0 amide bonds. The minimum atomic E-state index is -0.269. The maximum Gasteiger partial charge on any atom is 0.109 e. The van der Waals surface area contributed by atoms with Gasteiger partial charge in [0, 0.05) is 29.2 Å². The molecule has 186 valence electrons. The summed E-state index contributed by atoms with van der Waals surface area (Å²) in [4.78, 5) is 6.79. The van der Waals surface area contributed by atoms with Crippen molar-refractivity contribution in [3.63, 3.8) is 0 Å². The van der Waals surface area contributed by atoms with Gasteiger partial charge in [-0.2, -0.15) is 5.26 Å². The van der Waals surface area contributed by atoms with Crippen molar-refractivity contribution in [1.29, 1.82) is 5.26 Å². The molecule has 36 heavy (non-hydrogen) atoms. The van der Waals surface area contributed by atoms with E-state index in [2.05, 4.69) is 62.9 Å². The number of pyridine rings is 1. The molecule has 9 heteroatoms. The lowest BCUT2D eigenvalue weighted by Crippen LogP contribution is -2.17. The lowest BCUT2D eigenvalue weighted by atomic mass is 10.0. The van der Waals surface area contributed by atoms with Gasteiger partial charge in [-0.3, -0.25) is 4.98 Å². The van der Waals surface area contributed by atoms with Crippen LogP contribution in [0.25, 0.3) is 10.9 Å². The molecule has 0 unspecified atom stereocenters. The van der Waals surface area contributed by atoms with Crippen molar-refractivity contribution in [3.05, 3.63) is 76.7 Å². The summed E-state index contributed by atoms with van der Waals surface area (Å²) in [6.45, 7) is 5.81. The molecule has 0 saturated carbocycles. The van der Waals surface area contributed by atoms with Gasteiger partial charge in [0.1, 0.15) is 11.8 Å². The Kier molecular flexibility index (Phi) is 8.04. The summed E-state index contributed by atoms with van der Waals surface area (Å²) in [6.07, 6.45) is 4.51. The van der Waals surface area contributed by atoms with Gasteiger partial charge in [0.05, 0.1) is 34.7 Å². The molecule has 0 bridgehead atoms. The molecular weight excluding hydrogens is 472 g/mol. The van der Waals surface area contributed by atoms with E-state index in [0.717, 1.165) is 53.0 Å². The van der Waals surface area contributed by atoms with Gasteiger partial charge < -0.3 is 15.5 Å². The van der Waals surface area contributed by atoms with Crippen LogP contribution >= 0.6 is 11.6 Å². The second-order valence-electron chi connectivity index (χ2n) is 9.30. The highest BCUT2D eigenvalue weighted by atomic mass is 35.5. The minimum Gasteiger partial charge on any atom is -0.383 e. The Bertz CT molecular complexity index is 1360.